The number of anilines is 3. The number of benzene rings is 3. The summed E-state index contributed by atoms with van der Waals surface area (Å²) in [5.74, 6) is -17.6. The minimum atomic E-state index is -1.48. The predicted octanol–water partition coefficient (Wildman–Crippen LogP) is 16.8. The molecule has 3 aromatic heterocycles. The van der Waals surface area contributed by atoms with Crippen molar-refractivity contribution in [3.05, 3.63) is 212 Å². The monoisotopic (exact) mass is 1230 g/mol. The van der Waals surface area contributed by atoms with E-state index in [1.54, 1.807) is 36.4 Å². The molecule has 22 heteroatoms. The minimum absolute atomic E-state index is 0. The van der Waals surface area contributed by atoms with Crippen molar-refractivity contribution < 1.29 is 69.8 Å². The third kappa shape index (κ3) is 15.7. The zero-order chi connectivity index (χ0) is 60.3. The van der Waals surface area contributed by atoms with Gasteiger partial charge in [0.15, 0.2) is 69.8 Å². The molecule has 0 saturated carbocycles. The summed E-state index contributed by atoms with van der Waals surface area (Å²) in [6.45, 7) is 6.76. The molecule has 449 valence electrons. The maximum Gasteiger partial charge on any atom is 3.00 e. The number of nitrogens with zero attached hydrogens (tertiary/aromatic N) is 6. The van der Waals surface area contributed by atoms with E-state index in [2.05, 4.69) is 45.9 Å². The average Bonchev–Trinajstić information content (AvgIpc) is 3.17. The van der Waals surface area contributed by atoms with Crippen LogP contribution >= 0.6 is 0 Å². The molecule has 3 aliphatic heterocycles. The van der Waals surface area contributed by atoms with E-state index >= 15 is 0 Å². The van der Waals surface area contributed by atoms with Gasteiger partial charge >= 0.3 is 17.1 Å². The molecule has 6 heterocycles. The molecule has 0 bridgehead atoms. The molecule has 0 amide bonds. The van der Waals surface area contributed by atoms with Crippen LogP contribution in [0, 0.1) is 69.8 Å². The molecule has 0 saturated heterocycles. The molecule has 9 nitrogen and oxygen atoms in total. The van der Waals surface area contributed by atoms with Crippen molar-refractivity contribution in [2.24, 2.45) is 15.0 Å². The first-order valence-electron chi connectivity index (χ1n) is 27.6. The number of hydrogen-bond acceptors (Lipinski definition) is 6. The van der Waals surface area contributed by atoms with Gasteiger partial charge in [-0.15, -0.1) is 17.1 Å². The molecule has 6 aromatic rings. The number of allylic oxidation sites excluding steroid dienone is 6. The first kappa shape index (κ1) is 66.2. The summed E-state index contributed by atoms with van der Waals surface area (Å²) in [7, 11) is 0. The van der Waals surface area contributed by atoms with Crippen LogP contribution in [-0.2, 0) is 17.1 Å². The molecule has 9 rings (SSSR count). The fourth-order valence-electron chi connectivity index (χ4n) is 9.17. The Morgan fingerprint density at radius 2 is 0.600 bits per heavy atom. The first-order valence-corrected chi connectivity index (χ1v) is 27.6. The third-order valence-corrected chi connectivity index (χ3v) is 13.4. The first-order chi connectivity index (χ1) is 40.7. The summed E-state index contributed by atoms with van der Waals surface area (Å²) in [6.07, 6.45) is 28.2. The second kappa shape index (κ2) is 32.3. The summed E-state index contributed by atoms with van der Waals surface area (Å²) < 4.78 is 177. The van der Waals surface area contributed by atoms with Gasteiger partial charge in [0.2, 0.25) is 0 Å². The Labute approximate surface area is 495 Å². The smallest absolute Gasteiger partial charge is 0.664 e. The largest absolute Gasteiger partial charge is 3.00 e. The Balaban J connectivity index is 0.000000203. The molecule has 0 spiro atoms. The van der Waals surface area contributed by atoms with Crippen molar-refractivity contribution in [1.82, 2.24) is 15.0 Å². The number of aliphatic imine (C=N–C) groups is 3. The summed E-state index contributed by atoms with van der Waals surface area (Å²) in [4.78, 5) is 24.1. The van der Waals surface area contributed by atoms with Crippen molar-refractivity contribution in [3.63, 3.8) is 0 Å². The van der Waals surface area contributed by atoms with E-state index in [4.69, 9.17) is 0 Å². The van der Waals surface area contributed by atoms with E-state index in [0.29, 0.717) is 19.3 Å². The van der Waals surface area contributed by atoms with Crippen molar-refractivity contribution in [2.45, 2.75) is 97.8 Å². The van der Waals surface area contributed by atoms with Crippen LogP contribution in [0.3, 0.4) is 0 Å². The van der Waals surface area contributed by atoms with E-state index in [9.17, 15) is 52.7 Å². The summed E-state index contributed by atoms with van der Waals surface area (Å²) in [5.41, 5.74) is -4.06. The summed E-state index contributed by atoms with van der Waals surface area (Å²) >= 11 is 0. The molecule has 0 fully saturated rings. The number of halogens is 12. The van der Waals surface area contributed by atoms with E-state index in [-0.39, 0.29) is 87.6 Å². The molecule has 3 aromatic carbocycles. The van der Waals surface area contributed by atoms with Gasteiger partial charge in [0.05, 0.1) is 33.8 Å². The van der Waals surface area contributed by atoms with Gasteiger partial charge in [-0.2, -0.15) is 18.6 Å². The molecular weight excluding hydrogens is 1170 g/mol. The Morgan fingerprint density at radius 1 is 0.353 bits per heavy atom. The van der Waals surface area contributed by atoms with E-state index in [1.165, 1.54) is 73.7 Å². The van der Waals surface area contributed by atoms with Gasteiger partial charge in [0.25, 0.3) is 0 Å². The van der Waals surface area contributed by atoms with Crippen molar-refractivity contribution in [2.75, 3.05) is 35.6 Å². The zero-order valence-electron chi connectivity index (χ0n) is 46.6. The predicted molar refractivity (Wildman–Crippen MR) is 307 cm³/mol. The van der Waals surface area contributed by atoms with Crippen LogP contribution in [-0.4, -0.2) is 38.3 Å². The molecule has 1 radical (unpaired) electrons. The van der Waals surface area contributed by atoms with Crippen LogP contribution < -0.4 is 30.9 Å². The van der Waals surface area contributed by atoms with E-state index < -0.39 is 104 Å². The number of unbranched alkanes of at least 4 members (excludes halogenated alkanes) is 9. The van der Waals surface area contributed by atoms with Gasteiger partial charge in [-0.1, -0.05) is 115 Å². The van der Waals surface area contributed by atoms with Crippen molar-refractivity contribution >= 4 is 52.4 Å². The van der Waals surface area contributed by atoms with Gasteiger partial charge in [-0.3, -0.25) is 15.0 Å². The Kier molecular flexibility index (Phi) is 25.2. The third-order valence-electron chi connectivity index (χ3n) is 13.4. The zero-order valence-corrected chi connectivity index (χ0v) is 47.7. The molecule has 3 N–H and O–H groups in total. The maximum absolute atomic E-state index is 14.9. The Bertz CT molecular complexity index is 3030. The van der Waals surface area contributed by atoms with Crippen LogP contribution in [0.5, 0.6) is 0 Å². The Morgan fingerprint density at radius 3 is 0.788 bits per heavy atom. The second-order valence-corrected chi connectivity index (χ2v) is 19.2. The molecule has 3 aliphatic rings. The van der Waals surface area contributed by atoms with Gasteiger partial charge in [-0.25, -0.2) is 52.7 Å². The molecule has 0 unspecified atom stereocenters. The number of nitrogens with one attached hydrogen (secondary N) is 3. The van der Waals surface area contributed by atoms with Gasteiger partial charge in [0.1, 0.15) is 17.1 Å². The minimum Gasteiger partial charge on any atom is -0.664 e. The standard InChI is InChI=1S/3C21H20F4N3.Fe/c3*1-2-3-4-5-10-28-21-19(24)17(22)16(18(23)20(21)25)15(13-8-6-11-26-13)14-9-7-12-27-14;/h3*6-9,11-12,28H,2-5,10H2,1H3;/q3*-1;+3/b3*15-13+;. The summed E-state index contributed by atoms with van der Waals surface area (Å²) in [6, 6.07) is 9.18. The number of hydrogen-bond donors (Lipinski definition) is 3. The number of aromatic nitrogens is 3. The van der Waals surface area contributed by atoms with Gasteiger partial charge in [-0.05, 0) is 72.4 Å². The van der Waals surface area contributed by atoms with E-state index in [0.717, 1.165) is 57.8 Å². The summed E-state index contributed by atoms with van der Waals surface area (Å²) in [5, 5.41) is 7.46. The molecular formula is C63H60F12FeN9. The van der Waals surface area contributed by atoms with Crippen molar-refractivity contribution in [3.8, 4) is 0 Å². The maximum atomic E-state index is 14.9. The fourth-order valence-corrected chi connectivity index (χ4v) is 9.17. The molecule has 0 aliphatic carbocycles. The van der Waals surface area contributed by atoms with Crippen LogP contribution in [0.15, 0.2) is 124 Å². The second-order valence-electron chi connectivity index (χ2n) is 19.2. The topological polar surface area (TPSA) is 115 Å². The SMILES string of the molecule is CCCCCCNc1c(F)c(F)c(/C(=C2\C=CC=N2)c2ccc[n-]2)c(F)c1F.CCCCCCNc1c(F)c(F)c(/C(=C2\C=CC=N2)c2ccc[n-]2)c(F)c1F.CCCCCCNc1c(F)c(F)c(/C(=C2\C=CC=N2)c2ccc[n-]2)c(F)c1F.[Fe+3]. The molecule has 85 heavy (non-hydrogen) atoms. The van der Waals surface area contributed by atoms with Crippen LogP contribution in [0.1, 0.15) is 132 Å². The van der Waals surface area contributed by atoms with Gasteiger partial charge in [0, 0.05) is 38.3 Å². The normalized spacial score (nSPS) is 14.6. The van der Waals surface area contributed by atoms with Crippen LogP contribution in [0.2, 0.25) is 0 Å². The average molecular weight is 1230 g/mol. The molecule has 0 atom stereocenters. The van der Waals surface area contributed by atoms with E-state index in [1.807, 2.05) is 20.8 Å². The van der Waals surface area contributed by atoms with Crippen LogP contribution in [0.25, 0.3) is 16.7 Å². The fraction of sp³-hybridized carbons (Fsp3) is 0.286. The quantitative estimate of drug-likeness (QED) is 0.0241. The van der Waals surface area contributed by atoms with Gasteiger partial charge < -0.3 is 30.9 Å². The van der Waals surface area contributed by atoms with Crippen molar-refractivity contribution in [1.29, 1.82) is 0 Å². The van der Waals surface area contributed by atoms with Crippen LogP contribution in [0.4, 0.5) is 69.7 Å². The Hall–Kier alpha value is -7.97. The number of rotatable bonds is 24.